The number of nitrogens with zero attached hydrogens (tertiary/aromatic N) is 2. The molecule has 5 nitrogen and oxygen atoms in total. The van der Waals surface area contributed by atoms with Crippen LogP contribution in [-0.2, 0) is 0 Å². The van der Waals surface area contributed by atoms with E-state index in [-0.39, 0.29) is 18.3 Å². The van der Waals surface area contributed by atoms with Gasteiger partial charge < -0.3 is 15.8 Å². The maximum atomic E-state index is 12.4. The van der Waals surface area contributed by atoms with Gasteiger partial charge in [-0.25, -0.2) is 0 Å². The van der Waals surface area contributed by atoms with Gasteiger partial charge in [0.25, 0.3) is 5.91 Å². The third kappa shape index (κ3) is 4.50. The number of carbonyl (C=O) groups is 1. The van der Waals surface area contributed by atoms with Crippen LogP contribution in [0.15, 0.2) is 32.3 Å². The van der Waals surface area contributed by atoms with Gasteiger partial charge in [-0.05, 0) is 40.5 Å². The number of nitrogens with two attached hydrogens (primary N) is 1. The third-order valence-electron chi connectivity index (χ3n) is 2.42. The molecule has 0 saturated heterocycles. The summed E-state index contributed by atoms with van der Waals surface area (Å²) in [5, 5.41) is 11.5. The van der Waals surface area contributed by atoms with Gasteiger partial charge in [0.05, 0.1) is 12.1 Å². The molecule has 7 heteroatoms. The SMILES string of the molecule is CCCN(C/C(N)=N/O)C(=O)c1cc(Br)ccc1Br. The molecule has 0 bridgehead atoms. The van der Waals surface area contributed by atoms with Crippen LogP contribution in [0.5, 0.6) is 0 Å². The lowest BCUT2D eigenvalue weighted by Gasteiger charge is -2.22. The van der Waals surface area contributed by atoms with Gasteiger partial charge in [-0.15, -0.1) is 0 Å². The molecule has 0 aromatic heterocycles. The fourth-order valence-corrected chi connectivity index (χ4v) is 2.36. The van der Waals surface area contributed by atoms with Crippen molar-refractivity contribution in [3.8, 4) is 0 Å². The number of halogens is 2. The first-order valence-electron chi connectivity index (χ1n) is 5.70. The zero-order valence-electron chi connectivity index (χ0n) is 10.4. The summed E-state index contributed by atoms with van der Waals surface area (Å²) in [6, 6.07) is 5.38. The predicted octanol–water partition coefficient (Wildman–Crippen LogP) is 2.81. The van der Waals surface area contributed by atoms with Crippen molar-refractivity contribution in [3.05, 3.63) is 32.7 Å². The van der Waals surface area contributed by atoms with Crippen LogP contribution in [0.25, 0.3) is 0 Å². The van der Waals surface area contributed by atoms with Crippen molar-refractivity contribution >= 4 is 43.6 Å². The summed E-state index contributed by atoms with van der Waals surface area (Å²) in [4.78, 5) is 14.0. The van der Waals surface area contributed by atoms with Crippen molar-refractivity contribution in [3.63, 3.8) is 0 Å². The largest absolute Gasteiger partial charge is 0.409 e. The molecule has 0 aliphatic rings. The minimum absolute atomic E-state index is 0.00733. The summed E-state index contributed by atoms with van der Waals surface area (Å²) >= 11 is 6.69. The van der Waals surface area contributed by atoms with Gasteiger partial charge in [-0.2, -0.15) is 0 Å². The molecule has 19 heavy (non-hydrogen) atoms. The van der Waals surface area contributed by atoms with Crippen LogP contribution in [0.4, 0.5) is 0 Å². The zero-order chi connectivity index (χ0) is 14.4. The second-order valence-electron chi connectivity index (χ2n) is 3.94. The van der Waals surface area contributed by atoms with Crippen LogP contribution in [0.3, 0.4) is 0 Å². The van der Waals surface area contributed by atoms with Crippen LogP contribution in [-0.4, -0.2) is 34.9 Å². The average Bonchev–Trinajstić information content (AvgIpc) is 2.40. The summed E-state index contributed by atoms with van der Waals surface area (Å²) in [7, 11) is 0. The van der Waals surface area contributed by atoms with Crippen LogP contribution in [0, 0.1) is 0 Å². The van der Waals surface area contributed by atoms with E-state index in [0.717, 1.165) is 10.9 Å². The van der Waals surface area contributed by atoms with Crippen LogP contribution in [0.2, 0.25) is 0 Å². The number of oxime groups is 1. The molecule has 0 saturated carbocycles. The van der Waals surface area contributed by atoms with E-state index >= 15 is 0 Å². The molecule has 0 atom stereocenters. The molecular weight excluding hydrogens is 378 g/mol. The molecule has 1 aromatic carbocycles. The van der Waals surface area contributed by atoms with Gasteiger partial charge in [0, 0.05) is 15.5 Å². The Hall–Kier alpha value is -1.08. The lowest BCUT2D eigenvalue weighted by Crippen LogP contribution is -2.39. The Labute approximate surface area is 128 Å². The number of amides is 1. The standard InChI is InChI=1S/C12H15Br2N3O2/c1-2-5-17(7-11(15)16-19)12(18)9-6-8(13)3-4-10(9)14/h3-4,6,19H,2,5,7H2,1H3,(H2,15,16). The van der Waals surface area contributed by atoms with Gasteiger partial charge >= 0.3 is 0 Å². The first kappa shape index (κ1) is 16.0. The molecule has 0 unspecified atom stereocenters. The number of benzene rings is 1. The van der Waals surface area contributed by atoms with E-state index < -0.39 is 0 Å². The fraction of sp³-hybridized carbons (Fsp3) is 0.333. The smallest absolute Gasteiger partial charge is 0.255 e. The van der Waals surface area contributed by atoms with Gasteiger partial charge in [-0.3, -0.25) is 4.79 Å². The lowest BCUT2D eigenvalue weighted by atomic mass is 10.2. The molecule has 104 valence electrons. The van der Waals surface area contributed by atoms with Gasteiger partial charge in [-0.1, -0.05) is 28.0 Å². The Bertz CT molecular complexity index is 492. The molecular formula is C12H15Br2N3O2. The Morgan fingerprint density at radius 3 is 2.74 bits per heavy atom. The monoisotopic (exact) mass is 391 g/mol. The maximum Gasteiger partial charge on any atom is 0.255 e. The van der Waals surface area contributed by atoms with Crippen molar-refractivity contribution in [2.45, 2.75) is 13.3 Å². The Morgan fingerprint density at radius 1 is 1.47 bits per heavy atom. The summed E-state index contributed by atoms with van der Waals surface area (Å²) in [6.45, 7) is 2.60. The van der Waals surface area contributed by atoms with E-state index in [0.29, 0.717) is 16.6 Å². The highest BCUT2D eigenvalue weighted by molar-refractivity contribution is 9.11. The fourth-order valence-electron chi connectivity index (χ4n) is 1.58. The van der Waals surface area contributed by atoms with Crippen molar-refractivity contribution < 1.29 is 10.0 Å². The normalized spacial score (nSPS) is 11.4. The molecule has 3 N–H and O–H groups in total. The summed E-state index contributed by atoms with van der Waals surface area (Å²) in [5.41, 5.74) is 6.01. The molecule has 0 heterocycles. The minimum Gasteiger partial charge on any atom is -0.409 e. The predicted molar refractivity (Wildman–Crippen MR) is 81.4 cm³/mol. The summed E-state index contributed by atoms with van der Waals surface area (Å²) in [6.07, 6.45) is 0.788. The first-order chi connectivity index (χ1) is 8.99. The number of rotatable bonds is 5. The molecule has 0 spiro atoms. The van der Waals surface area contributed by atoms with Crippen LogP contribution in [0.1, 0.15) is 23.7 Å². The van der Waals surface area contributed by atoms with E-state index in [4.69, 9.17) is 10.9 Å². The van der Waals surface area contributed by atoms with Gasteiger partial charge in [0.15, 0.2) is 5.84 Å². The summed E-state index contributed by atoms with van der Waals surface area (Å²) in [5.74, 6) is -0.158. The van der Waals surface area contributed by atoms with Crippen LogP contribution >= 0.6 is 31.9 Å². The Morgan fingerprint density at radius 2 is 2.16 bits per heavy atom. The minimum atomic E-state index is -0.165. The molecule has 1 aromatic rings. The molecule has 0 fully saturated rings. The van der Waals surface area contributed by atoms with E-state index in [1.54, 1.807) is 17.0 Å². The van der Waals surface area contributed by atoms with E-state index in [9.17, 15) is 4.79 Å². The highest BCUT2D eigenvalue weighted by Crippen LogP contribution is 2.23. The Kier molecular flexibility index (Phi) is 6.30. The van der Waals surface area contributed by atoms with Crippen molar-refractivity contribution in [1.82, 2.24) is 4.90 Å². The van der Waals surface area contributed by atoms with Crippen molar-refractivity contribution in [1.29, 1.82) is 0 Å². The molecule has 0 radical (unpaired) electrons. The molecule has 0 aliphatic carbocycles. The number of carbonyl (C=O) groups excluding carboxylic acids is 1. The highest BCUT2D eigenvalue weighted by atomic mass is 79.9. The number of amidine groups is 1. The summed E-state index contributed by atoms with van der Waals surface area (Å²) < 4.78 is 1.53. The quantitative estimate of drug-likeness (QED) is 0.350. The molecule has 0 aliphatic heterocycles. The second kappa shape index (κ2) is 7.49. The number of hydrogen-bond acceptors (Lipinski definition) is 3. The van der Waals surface area contributed by atoms with Gasteiger partial charge in [0.2, 0.25) is 0 Å². The number of hydrogen-bond donors (Lipinski definition) is 2. The van der Waals surface area contributed by atoms with Crippen molar-refractivity contribution in [2.75, 3.05) is 13.1 Å². The van der Waals surface area contributed by atoms with E-state index in [1.165, 1.54) is 0 Å². The second-order valence-corrected chi connectivity index (χ2v) is 5.71. The third-order valence-corrected chi connectivity index (χ3v) is 3.61. The zero-order valence-corrected chi connectivity index (χ0v) is 13.6. The Balaban J connectivity index is 3.01. The lowest BCUT2D eigenvalue weighted by molar-refractivity contribution is 0.0777. The maximum absolute atomic E-state index is 12.4. The molecule has 1 amide bonds. The van der Waals surface area contributed by atoms with Gasteiger partial charge in [0.1, 0.15) is 0 Å². The van der Waals surface area contributed by atoms with E-state index in [2.05, 4.69) is 37.0 Å². The first-order valence-corrected chi connectivity index (χ1v) is 7.29. The highest BCUT2D eigenvalue weighted by Gasteiger charge is 2.19. The molecule has 1 rings (SSSR count). The van der Waals surface area contributed by atoms with Crippen molar-refractivity contribution in [2.24, 2.45) is 10.9 Å². The topological polar surface area (TPSA) is 78.9 Å². The van der Waals surface area contributed by atoms with Crippen LogP contribution < -0.4 is 5.73 Å². The average molecular weight is 393 g/mol. The van der Waals surface area contributed by atoms with E-state index in [1.807, 2.05) is 13.0 Å².